The number of rotatable bonds is 8. The van der Waals surface area contributed by atoms with Gasteiger partial charge in [0.1, 0.15) is 17.3 Å². The molecule has 0 saturated heterocycles. The largest absolute Gasteiger partial charge is 0.497 e. The molecule has 5 nitrogen and oxygen atoms in total. The maximum Gasteiger partial charge on any atom is 0.221 e. The van der Waals surface area contributed by atoms with E-state index in [1.807, 2.05) is 48.7 Å². The fourth-order valence-corrected chi connectivity index (χ4v) is 3.94. The molecule has 0 aliphatic carbocycles. The number of halogens is 1. The molecule has 0 aliphatic rings. The molecule has 0 aliphatic heterocycles. The molecule has 0 spiro atoms. The lowest BCUT2D eigenvalue weighted by Gasteiger charge is -2.20. The Balaban J connectivity index is 1.65. The molecule has 0 fully saturated rings. The second kappa shape index (κ2) is 9.56. The highest BCUT2D eigenvalue weighted by Crippen LogP contribution is 2.39. The number of aromatic amines is 1. The molecule has 3 aromatic carbocycles. The van der Waals surface area contributed by atoms with Crippen LogP contribution < -0.4 is 14.8 Å². The minimum absolute atomic E-state index is 0.109. The molecule has 1 heterocycles. The van der Waals surface area contributed by atoms with Gasteiger partial charge in [0, 0.05) is 47.6 Å². The lowest BCUT2D eigenvalue weighted by Crippen LogP contribution is -2.25. The van der Waals surface area contributed by atoms with Crippen LogP contribution in [0.3, 0.4) is 0 Å². The van der Waals surface area contributed by atoms with Gasteiger partial charge in [0.05, 0.1) is 14.2 Å². The van der Waals surface area contributed by atoms with E-state index in [-0.39, 0.29) is 24.1 Å². The van der Waals surface area contributed by atoms with Gasteiger partial charge in [-0.1, -0.05) is 36.4 Å². The van der Waals surface area contributed by atoms with E-state index in [1.165, 1.54) is 12.1 Å². The number of H-pyrrole nitrogens is 1. The summed E-state index contributed by atoms with van der Waals surface area (Å²) >= 11 is 0. The SMILES string of the molecule is COc1ccc([C@H](CC(=O)NCc2ccc(F)cc2)c2c[nH]c3ccccc23)c(OC)c1. The van der Waals surface area contributed by atoms with Crippen LogP contribution in [0.25, 0.3) is 10.9 Å². The number of aromatic nitrogens is 1. The molecule has 2 N–H and O–H groups in total. The van der Waals surface area contributed by atoms with E-state index in [9.17, 15) is 9.18 Å². The summed E-state index contributed by atoms with van der Waals surface area (Å²) in [4.78, 5) is 16.3. The Hall–Kier alpha value is -3.80. The summed E-state index contributed by atoms with van der Waals surface area (Å²) in [6, 6.07) is 19.8. The van der Waals surface area contributed by atoms with Crippen molar-refractivity contribution in [2.75, 3.05) is 14.2 Å². The zero-order valence-corrected chi connectivity index (χ0v) is 18.0. The molecule has 1 atom stereocenters. The van der Waals surface area contributed by atoms with Gasteiger partial charge in [-0.3, -0.25) is 4.79 Å². The first-order valence-corrected chi connectivity index (χ1v) is 10.4. The summed E-state index contributed by atoms with van der Waals surface area (Å²) in [6.45, 7) is 0.333. The van der Waals surface area contributed by atoms with Gasteiger partial charge < -0.3 is 19.8 Å². The third-order valence-corrected chi connectivity index (χ3v) is 5.61. The maximum absolute atomic E-state index is 13.1. The number of amides is 1. The van der Waals surface area contributed by atoms with Crippen LogP contribution in [0.2, 0.25) is 0 Å². The van der Waals surface area contributed by atoms with Crippen molar-refractivity contribution in [3.05, 3.63) is 95.4 Å². The third-order valence-electron chi connectivity index (χ3n) is 5.61. The van der Waals surface area contributed by atoms with Crippen LogP contribution in [0.1, 0.15) is 29.0 Å². The topological polar surface area (TPSA) is 63.3 Å². The monoisotopic (exact) mass is 432 g/mol. The number of hydrogen-bond acceptors (Lipinski definition) is 3. The summed E-state index contributed by atoms with van der Waals surface area (Å²) in [6.07, 6.45) is 2.18. The van der Waals surface area contributed by atoms with E-state index in [0.717, 1.165) is 27.6 Å². The van der Waals surface area contributed by atoms with Crippen molar-refractivity contribution in [3.8, 4) is 11.5 Å². The zero-order chi connectivity index (χ0) is 22.5. The van der Waals surface area contributed by atoms with Crippen LogP contribution in [0.5, 0.6) is 11.5 Å². The molecular formula is C26H25FN2O3. The number of fused-ring (bicyclic) bond motifs is 1. The molecule has 4 aromatic rings. The molecular weight excluding hydrogens is 407 g/mol. The van der Waals surface area contributed by atoms with E-state index in [1.54, 1.807) is 26.4 Å². The summed E-state index contributed by atoms with van der Waals surface area (Å²) in [5, 5.41) is 4.01. The lowest BCUT2D eigenvalue weighted by atomic mass is 9.87. The number of carbonyl (C=O) groups is 1. The fraction of sp³-hybridized carbons (Fsp3) is 0.192. The first kappa shape index (κ1) is 21.4. The van der Waals surface area contributed by atoms with Crippen LogP contribution in [0, 0.1) is 5.82 Å². The Morgan fingerprint density at radius 2 is 1.78 bits per heavy atom. The predicted octanol–water partition coefficient (Wildman–Crippen LogP) is 5.16. The number of carbonyl (C=O) groups excluding carboxylic acids is 1. The summed E-state index contributed by atoms with van der Waals surface area (Å²) in [5.41, 5.74) is 3.76. The van der Waals surface area contributed by atoms with Crippen molar-refractivity contribution in [2.45, 2.75) is 18.9 Å². The van der Waals surface area contributed by atoms with E-state index < -0.39 is 0 Å². The number of hydrogen-bond donors (Lipinski definition) is 2. The van der Waals surface area contributed by atoms with Crippen molar-refractivity contribution < 1.29 is 18.7 Å². The Labute approximate surface area is 186 Å². The Morgan fingerprint density at radius 1 is 1.00 bits per heavy atom. The average molecular weight is 432 g/mol. The molecule has 4 rings (SSSR count). The normalized spacial score (nSPS) is 11.8. The number of para-hydroxylation sites is 1. The highest BCUT2D eigenvalue weighted by Gasteiger charge is 2.24. The van der Waals surface area contributed by atoms with Gasteiger partial charge in [0.2, 0.25) is 5.91 Å². The van der Waals surface area contributed by atoms with Gasteiger partial charge in [-0.2, -0.15) is 0 Å². The van der Waals surface area contributed by atoms with Gasteiger partial charge in [-0.15, -0.1) is 0 Å². The quantitative estimate of drug-likeness (QED) is 0.404. The number of ether oxygens (including phenoxy) is 2. The first-order valence-electron chi connectivity index (χ1n) is 10.4. The van der Waals surface area contributed by atoms with E-state index in [0.29, 0.717) is 18.0 Å². The first-order chi connectivity index (χ1) is 15.6. The minimum atomic E-state index is -0.300. The maximum atomic E-state index is 13.1. The van der Waals surface area contributed by atoms with Crippen LogP contribution in [-0.2, 0) is 11.3 Å². The molecule has 0 bridgehead atoms. The molecule has 32 heavy (non-hydrogen) atoms. The second-order valence-electron chi connectivity index (χ2n) is 7.56. The minimum Gasteiger partial charge on any atom is -0.497 e. The van der Waals surface area contributed by atoms with Crippen LogP contribution in [-0.4, -0.2) is 25.1 Å². The van der Waals surface area contributed by atoms with Gasteiger partial charge in [0.15, 0.2) is 0 Å². The standard InChI is InChI=1S/C26H25FN2O3/c1-31-19-11-12-21(25(13-19)32-2)22(23-16-28-24-6-4-3-5-20(23)24)14-26(30)29-15-17-7-9-18(27)10-8-17/h3-13,16,22,28H,14-15H2,1-2H3,(H,29,30)/t22-/m0/s1. The van der Waals surface area contributed by atoms with Gasteiger partial charge in [0.25, 0.3) is 0 Å². The number of benzene rings is 3. The van der Waals surface area contributed by atoms with Crippen molar-refractivity contribution in [1.29, 1.82) is 0 Å². The summed E-state index contributed by atoms with van der Waals surface area (Å²) < 4.78 is 24.1. The van der Waals surface area contributed by atoms with Crippen molar-refractivity contribution in [3.63, 3.8) is 0 Å². The molecule has 0 radical (unpaired) electrons. The average Bonchev–Trinajstić information content (AvgIpc) is 3.26. The van der Waals surface area contributed by atoms with Crippen molar-refractivity contribution in [1.82, 2.24) is 10.3 Å². The molecule has 1 aromatic heterocycles. The highest BCUT2D eigenvalue weighted by molar-refractivity contribution is 5.86. The summed E-state index contributed by atoms with van der Waals surface area (Å²) in [5.74, 6) is 0.698. The van der Waals surface area contributed by atoms with Gasteiger partial charge in [-0.05, 0) is 35.4 Å². The van der Waals surface area contributed by atoms with E-state index in [2.05, 4.69) is 10.3 Å². The van der Waals surface area contributed by atoms with Crippen molar-refractivity contribution in [2.24, 2.45) is 0 Å². The molecule has 6 heteroatoms. The summed E-state index contributed by atoms with van der Waals surface area (Å²) in [7, 11) is 3.22. The van der Waals surface area contributed by atoms with Crippen LogP contribution in [0.15, 0.2) is 72.9 Å². The van der Waals surface area contributed by atoms with Gasteiger partial charge >= 0.3 is 0 Å². The van der Waals surface area contributed by atoms with Crippen LogP contribution in [0.4, 0.5) is 4.39 Å². The fourth-order valence-electron chi connectivity index (χ4n) is 3.94. The second-order valence-corrected chi connectivity index (χ2v) is 7.56. The van der Waals surface area contributed by atoms with E-state index in [4.69, 9.17) is 9.47 Å². The molecule has 0 unspecified atom stereocenters. The molecule has 164 valence electrons. The Kier molecular flexibility index (Phi) is 6.40. The molecule has 1 amide bonds. The Morgan fingerprint density at radius 3 is 2.53 bits per heavy atom. The van der Waals surface area contributed by atoms with Crippen molar-refractivity contribution >= 4 is 16.8 Å². The van der Waals surface area contributed by atoms with Crippen LogP contribution >= 0.6 is 0 Å². The zero-order valence-electron chi connectivity index (χ0n) is 18.0. The predicted molar refractivity (Wildman–Crippen MR) is 123 cm³/mol. The van der Waals surface area contributed by atoms with Gasteiger partial charge in [-0.25, -0.2) is 4.39 Å². The van der Waals surface area contributed by atoms with E-state index >= 15 is 0 Å². The highest BCUT2D eigenvalue weighted by atomic mass is 19.1. The Bertz CT molecular complexity index is 1220. The molecule has 0 saturated carbocycles. The third kappa shape index (κ3) is 4.59. The number of nitrogens with one attached hydrogen (secondary N) is 2. The smallest absolute Gasteiger partial charge is 0.221 e. The number of methoxy groups -OCH3 is 2. The lowest BCUT2D eigenvalue weighted by molar-refractivity contribution is -0.121.